The maximum Gasteiger partial charge on any atom is 0.302 e. The number of esters is 1. The molecule has 0 saturated heterocycles. The second kappa shape index (κ2) is 18.9. The second-order valence-electron chi connectivity index (χ2n) is 12.5. The topological polar surface area (TPSA) is 116 Å². The summed E-state index contributed by atoms with van der Waals surface area (Å²) in [6.45, 7) is 8.16. The Morgan fingerprint density at radius 3 is 2.38 bits per heavy atom. The van der Waals surface area contributed by atoms with E-state index in [1.165, 1.54) is 39.0 Å². The summed E-state index contributed by atoms with van der Waals surface area (Å²) in [6, 6.07) is 18.9. The van der Waals surface area contributed by atoms with Crippen molar-refractivity contribution in [2.75, 3.05) is 32.5 Å². The molecule has 268 valence electrons. The zero-order chi connectivity index (χ0) is 36.2. The smallest absolute Gasteiger partial charge is 0.302 e. The van der Waals surface area contributed by atoms with Gasteiger partial charge in [-0.15, -0.1) is 0 Å². The van der Waals surface area contributed by atoms with Crippen molar-refractivity contribution in [3.8, 4) is 5.75 Å². The number of unbranched alkanes of at least 4 members (excludes halogenated alkanes) is 1. The number of hydrogen-bond acceptors (Lipinski definition) is 7. The van der Waals surface area contributed by atoms with Crippen LogP contribution in [0.3, 0.4) is 0 Å². The van der Waals surface area contributed by atoms with Crippen LogP contribution in [0.1, 0.15) is 90.8 Å². The summed E-state index contributed by atoms with van der Waals surface area (Å²) in [5.41, 5.74) is 11.0. The lowest BCUT2D eigenvalue weighted by Crippen LogP contribution is -2.36. The van der Waals surface area contributed by atoms with Crippen molar-refractivity contribution < 1.29 is 23.9 Å². The summed E-state index contributed by atoms with van der Waals surface area (Å²) in [4.78, 5) is 38.5. The minimum Gasteiger partial charge on any atom is -0.497 e. The lowest BCUT2D eigenvalue weighted by atomic mass is 9.93. The highest BCUT2D eigenvalue weighted by Gasteiger charge is 2.22. The molecule has 0 radical (unpaired) electrons. The molecule has 9 nitrogen and oxygen atoms in total. The largest absolute Gasteiger partial charge is 0.497 e. The number of halogens is 2. The van der Waals surface area contributed by atoms with Crippen LogP contribution in [-0.2, 0) is 16.1 Å². The molecule has 0 aliphatic heterocycles. The number of hydrogen-bond donors (Lipinski definition) is 2. The fourth-order valence-corrected chi connectivity index (χ4v) is 6.92. The van der Waals surface area contributed by atoms with E-state index in [4.69, 9.17) is 26.8 Å². The van der Waals surface area contributed by atoms with Crippen molar-refractivity contribution in [3.63, 3.8) is 0 Å². The zero-order valence-corrected chi connectivity index (χ0v) is 31.7. The van der Waals surface area contributed by atoms with Crippen molar-refractivity contribution in [3.05, 3.63) is 92.5 Å². The molecular formula is C39H48BrClN4O5. The van der Waals surface area contributed by atoms with E-state index in [0.717, 1.165) is 58.3 Å². The molecule has 4 aromatic rings. The van der Waals surface area contributed by atoms with Gasteiger partial charge in [-0.05, 0) is 121 Å². The predicted molar refractivity (Wildman–Crippen MR) is 204 cm³/mol. The lowest BCUT2D eigenvalue weighted by molar-refractivity contribution is -0.141. The first kappa shape index (κ1) is 38.9. The maximum atomic E-state index is 12.7. The molecule has 50 heavy (non-hydrogen) atoms. The van der Waals surface area contributed by atoms with Crippen molar-refractivity contribution >= 4 is 61.9 Å². The molecule has 1 heterocycles. The first-order valence-corrected chi connectivity index (χ1v) is 18.4. The van der Waals surface area contributed by atoms with Crippen LogP contribution >= 0.6 is 27.5 Å². The van der Waals surface area contributed by atoms with Gasteiger partial charge in [-0.25, -0.2) is 0 Å². The van der Waals surface area contributed by atoms with E-state index in [-0.39, 0.29) is 17.8 Å². The third-order valence-electron chi connectivity index (χ3n) is 9.00. The third-order valence-corrected chi connectivity index (χ3v) is 9.91. The molecule has 1 aliphatic rings. The second-order valence-corrected chi connectivity index (χ2v) is 13.8. The van der Waals surface area contributed by atoms with Crippen LogP contribution in [0.25, 0.3) is 10.9 Å². The number of nitrogen functional groups attached to an aromatic ring is 1. The normalized spacial score (nSPS) is 13.1. The number of aryl methyl sites for hydroxylation is 1. The van der Waals surface area contributed by atoms with Gasteiger partial charge in [-0.2, -0.15) is 0 Å². The van der Waals surface area contributed by atoms with Gasteiger partial charge in [-0.1, -0.05) is 37.8 Å². The molecule has 0 unspecified atom stereocenters. The van der Waals surface area contributed by atoms with Crippen LogP contribution in [0.2, 0.25) is 5.02 Å². The quantitative estimate of drug-likeness (QED) is 0.0844. The molecule has 11 heteroatoms. The highest BCUT2D eigenvalue weighted by molar-refractivity contribution is 9.10. The fraction of sp³-hybridized carbons (Fsp3) is 0.410. The number of aromatic nitrogens is 1. The van der Waals surface area contributed by atoms with Crippen LogP contribution in [0, 0.1) is 6.92 Å². The van der Waals surface area contributed by atoms with Gasteiger partial charge < -0.3 is 20.5 Å². The number of benzene rings is 3. The van der Waals surface area contributed by atoms with E-state index >= 15 is 0 Å². The van der Waals surface area contributed by atoms with Crippen LogP contribution in [0.15, 0.2) is 65.1 Å². The van der Waals surface area contributed by atoms with Gasteiger partial charge >= 0.3 is 5.97 Å². The van der Waals surface area contributed by atoms with Crippen LogP contribution < -0.4 is 15.8 Å². The molecular weight excluding hydrogens is 720 g/mol. The summed E-state index contributed by atoms with van der Waals surface area (Å²) in [6.07, 6.45) is 7.88. The molecule has 1 fully saturated rings. The number of carbonyl (C=O) groups excluding carboxylic acids is 3. The van der Waals surface area contributed by atoms with Gasteiger partial charge in [0.25, 0.3) is 11.8 Å². The summed E-state index contributed by atoms with van der Waals surface area (Å²) >= 11 is 9.39. The Hall–Kier alpha value is -3.86. The first-order chi connectivity index (χ1) is 24.0. The standard InChI is InChI=1S/C22H34BrN3O3.C17H14ClNO2/c1-3-26(19-9-5-4-6-10-19)15-18-13-17(14-20(23)21(18)24)22(28)25-11-7-8-12-29-16(2)27;1-11-9-13-10-15(21-2)7-8-16(13)19(11)17(20)12-3-5-14(18)6-4-12/h13-14,19H,3-12,15,24H2,1-2H3,(H,25,28);3-10H,1-2H3. The van der Waals surface area contributed by atoms with E-state index in [9.17, 15) is 14.4 Å². The Labute approximate surface area is 308 Å². The number of nitrogens with two attached hydrogens (primary N) is 1. The Morgan fingerprint density at radius 1 is 1.00 bits per heavy atom. The number of nitrogens with one attached hydrogen (secondary N) is 1. The van der Waals surface area contributed by atoms with E-state index in [2.05, 4.69) is 33.1 Å². The molecule has 5 rings (SSSR count). The minimum atomic E-state index is -0.275. The molecule has 1 saturated carbocycles. The monoisotopic (exact) mass is 766 g/mol. The zero-order valence-electron chi connectivity index (χ0n) is 29.4. The highest BCUT2D eigenvalue weighted by Crippen LogP contribution is 2.30. The van der Waals surface area contributed by atoms with Gasteiger partial charge in [0, 0.05) is 57.8 Å². The van der Waals surface area contributed by atoms with E-state index < -0.39 is 0 Å². The SMILES string of the molecule is CCN(Cc1cc(C(=O)NCCCCOC(C)=O)cc(Br)c1N)C1CCCCC1.COc1ccc2c(c1)cc(C)n2C(=O)c1ccc(Cl)cc1. The van der Waals surface area contributed by atoms with E-state index in [1.807, 2.05) is 37.3 Å². The van der Waals surface area contributed by atoms with Gasteiger partial charge in [0.05, 0.1) is 24.9 Å². The number of ether oxygens (including phenoxy) is 2. The van der Waals surface area contributed by atoms with Crippen molar-refractivity contribution in [1.82, 2.24) is 14.8 Å². The van der Waals surface area contributed by atoms with Gasteiger partial charge in [0.1, 0.15) is 5.75 Å². The molecule has 0 atom stereocenters. The number of rotatable bonds is 12. The summed E-state index contributed by atoms with van der Waals surface area (Å²) in [7, 11) is 1.63. The molecule has 3 N–H and O–H groups in total. The Morgan fingerprint density at radius 2 is 1.72 bits per heavy atom. The third kappa shape index (κ3) is 10.6. The molecule has 0 bridgehead atoms. The first-order valence-electron chi connectivity index (χ1n) is 17.2. The minimum absolute atomic E-state index is 0.0654. The molecule has 0 spiro atoms. The Kier molecular flexibility index (Phi) is 14.7. The number of anilines is 1. The van der Waals surface area contributed by atoms with E-state index in [0.29, 0.717) is 41.0 Å². The van der Waals surface area contributed by atoms with Crippen molar-refractivity contribution in [2.45, 2.75) is 78.3 Å². The van der Waals surface area contributed by atoms with Crippen LogP contribution in [0.5, 0.6) is 5.75 Å². The predicted octanol–water partition coefficient (Wildman–Crippen LogP) is 8.56. The summed E-state index contributed by atoms with van der Waals surface area (Å²) in [5, 5.41) is 4.53. The molecule has 1 aromatic heterocycles. The Balaban J connectivity index is 0.000000235. The Bertz CT molecular complexity index is 1770. The van der Waals surface area contributed by atoms with Gasteiger partial charge in [-0.3, -0.25) is 23.9 Å². The average Bonchev–Trinajstić information content (AvgIpc) is 3.45. The fourth-order valence-electron chi connectivity index (χ4n) is 6.30. The summed E-state index contributed by atoms with van der Waals surface area (Å²) < 4.78 is 12.6. The number of carbonyl (C=O) groups is 3. The summed E-state index contributed by atoms with van der Waals surface area (Å²) in [5.74, 6) is 0.325. The molecule has 1 aliphatic carbocycles. The van der Waals surface area contributed by atoms with Crippen LogP contribution in [0.4, 0.5) is 5.69 Å². The molecule has 1 amide bonds. The van der Waals surface area contributed by atoms with Gasteiger partial charge in [0.15, 0.2) is 0 Å². The van der Waals surface area contributed by atoms with Gasteiger partial charge in [0.2, 0.25) is 0 Å². The number of methoxy groups -OCH3 is 1. The maximum absolute atomic E-state index is 12.7. The number of fused-ring (bicyclic) bond motifs is 1. The average molecular weight is 768 g/mol. The number of amides is 1. The highest BCUT2D eigenvalue weighted by atomic mass is 79.9. The molecule has 3 aromatic carbocycles. The van der Waals surface area contributed by atoms with E-state index in [1.54, 1.807) is 42.0 Å². The lowest BCUT2D eigenvalue weighted by Gasteiger charge is -2.34. The van der Waals surface area contributed by atoms with Crippen molar-refractivity contribution in [1.29, 1.82) is 0 Å². The number of nitrogens with zero attached hydrogens (tertiary/aromatic N) is 2. The van der Waals surface area contributed by atoms with Crippen molar-refractivity contribution in [2.24, 2.45) is 0 Å². The van der Waals surface area contributed by atoms with Crippen LogP contribution in [-0.4, -0.2) is 60.1 Å².